The van der Waals surface area contributed by atoms with Gasteiger partial charge in [-0.2, -0.15) is 0 Å². The van der Waals surface area contributed by atoms with E-state index >= 15 is 0 Å². The molecule has 26 heavy (non-hydrogen) atoms. The van der Waals surface area contributed by atoms with Gasteiger partial charge in [-0.3, -0.25) is 9.59 Å². The maximum atomic E-state index is 13.1. The van der Waals surface area contributed by atoms with Crippen molar-refractivity contribution in [2.45, 2.75) is 31.6 Å². The molecule has 5 rings (SSSR count). The van der Waals surface area contributed by atoms with Crippen molar-refractivity contribution >= 4 is 28.3 Å². The van der Waals surface area contributed by atoms with E-state index in [4.69, 9.17) is 0 Å². The fourth-order valence-electron chi connectivity index (χ4n) is 4.42. The van der Waals surface area contributed by atoms with Crippen molar-refractivity contribution in [1.82, 2.24) is 0 Å². The minimum atomic E-state index is -0.243. The Morgan fingerprint density at radius 2 is 1.31 bits per heavy atom. The Labute approximate surface area is 152 Å². The minimum absolute atomic E-state index is 0.243. The zero-order valence-electron chi connectivity index (χ0n) is 14.4. The summed E-state index contributed by atoms with van der Waals surface area (Å²) in [5, 5.41) is 1.70. The summed E-state index contributed by atoms with van der Waals surface area (Å²) in [5.41, 5.74) is 3.15. The Balaban J connectivity index is 1.58. The van der Waals surface area contributed by atoms with E-state index in [2.05, 4.69) is 12.1 Å². The summed E-state index contributed by atoms with van der Waals surface area (Å²) in [6, 6.07) is 19.2. The molecule has 1 fully saturated rings. The number of hydrogen-bond acceptors (Lipinski definition) is 2. The Morgan fingerprint density at radius 1 is 0.731 bits per heavy atom. The second-order valence-corrected chi connectivity index (χ2v) is 7.23. The normalized spacial score (nSPS) is 17.3. The van der Waals surface area contributed by atoms with Crippen LogP contribution in [0.4, 0.5) is 5.69 Å². The zero-order chi connectivity index (χ0) is 17.7. The third-order valence-electron chi connectivity index (χ3n) is 5.75. The Kier molecular flexibility index (Phi) is 3.42. The van der Waals surface area contributed by atoms with E-state index < -0.39 is 0 Å². The van der Waals surface area contributed by atoms with Gasteiger partial charge in [-0.05, 0) is 54.0 Å². The van der Waals surface area contributed by atoms with Gasteiger partial charge >= 0.3 is 0 Å². The van der Waals surface area contributed by atoms with Gasteiger partial charge in [-0.1, -0.05) is 49.2 Å². The first-order valence-electron chi connectivity index (χ1n) is 9.24. The summed E-state index contributed by atoms with van der Waals surface area (Å²) >= 11 is 0. The molecule has 1 heterocycles. The lowest BCUT2D eigenvalue weighted by molar-refractivity contribution is 0.0893. The molecule has 1 aliphatic heterocycles. The highest BCUT2D eigenvalue weighted by Gasteiger charge is 2.33. The van der Waals surface area contributed by atoms with E-state index in [1.807, 2.05) is 36.4 Å². The largest absolute Gasteiger partial charge is 0.268 e. The van der Waals surface area contributed by atoms with Crippen LogP contribution in [0.2, 0.25) is 0 Å². The number of anilines is 1. The van der Waals surface area contributed by atoms with Gasteiger partial charge in [0.25, 0.3) is 11.8 Å². The van der Waals surface area contributed by atoms with Crippen LogP contribution >= 0.6 is 0 Å². The van der Waals surface area contributed by atoms with E-state index in [-0.39, 0.29) is 11.8 Å². The van der Waals surface area contributed by atoms with Crippen LogP contribution in [0.5, 0.6) is 0 Å². The topological polar surface area (TPSA) is 37.4 Å². The molecule has 1 saturated carbocycles. The van der Waals surface area contributed by atoms with Gasteiger partial charge < -0.3 is 0 Å². The summed E-state index contributed by atoms with van der Waals surface area (Å²) in [6.07, 6.45) is 5.04. The van der Waals surface area contributed by atoms with Gasteiger partial charge in [0.2, 0.25) is 0 Å². The van der Waals surface area contributed by atoms with E-state index in [1.54, 1.807) is 12.1 Å². The monoisotopic (exact) mass is 341 g/mol. The van der Waals surface area contributed by atoms with E-state index in [0.717, 1.165) is 10.8 Å². The molecule has 0 spiro atoms. The Bertz CT molecular complexity index is 979. The summed E-state index contributed by atoms with van der Waals surface area (Å²) in [6.45, 7) is 0. The highest BCUT2D eigenvalue weighted by Crippen LogP contribution is 2.36. The molecule has 3 nitrogen and oxygen atoms in total. The molecule has 0 saturated heterocycles. The third-order valence-corrected chi connectivity index (χ3v) is 5.75. The van der Waals surface area contributed by atoms with E-state index in [0.29, 0.717) is 22.7 Å². The van der Waals surface area contributed by atoms with Gasteiger partial charge in [0.1, 0.15) is 0 Å². The maximum Gasteiger partial charge on any atom is 0.265 e. The zero-order valence-corrected chi connectivity index (χ0v) is 14.4. The van der Waals surface area contributed by atoms with Crippen molar-refractivity contribution in [3.8, 4) is 0 Å². The fraction of sp³-hybridized carbons (Fsp3) is 0.217. The number of hydrogen-bond donors (Lipinski definition) is 0. The van der Waals surface area contributed by atoms with E-state index in [1.165, 1.54) is 36.1 Å². The number of amides is 2. The molecule has 1 aliphatic carbocycles. The molecule has 128 valence electrons. The lowest BCUT2D eigenvalue weighted by Gasteiger charge is -2.27. The molecule has 0 unspecified atom stereocenters. The fourth-order valence-corrected chi connectivity index (χ4v) is 4.42. The molecule has 2 aliphatic rings. The van der Waals surface area contributed by atoms with Crippen LogP contribution in [0, 0.1) is 0 Å². The van der Waals surface area contributed by atoms with Crippen molar-refractivity contribution in [2.75, 3.05) is 4.90 Å². The lowest BCUT2D eigenvalue weighted by atomic mass is 9.93. The molecule has 3 aromatic rings. The molecule has 3 aromatic carbocycles. The molecule has 3 heteroatoms. The average Bonchev–Trinajstić information content (AvgIpc) is 3.21. The molecular weight excluding hydrogens is 322 g/mol. The summed E-state index contributed by atoms with van der Waals surface area (Å²) in [7, 11) is 0. The van der Waals surface area contributed by atoms with Gasteiger partial charge in [-0.25, -0.2) is 4.90 Å². The quantitative estimate of drug-likeness (QED) is 0.593. The number of benzene rings is 3. The standard InChI is InChI=1S/C23H19NO2/c25-22-19-9-3-7-17-8-4-10-20(21(17)19)23(26)24(22)18-13-11-16(12-14-18)15-5-1-2-6-15/h3-4,7-15H,1-2,5-6H2. The minimum Gasteiger partial charge on any atom is -0.268 e. The lowest BCUT2D eigenvalue weighted by Crippen LogP contribution is -2.40. The van der Waals surface area contributed by atoms with Crippen LogP contribution in [0.15, 0.2) is 60.7 Å². The van der Waals surface area contributed by atoms with Crippen molar-refractivity contribution in [1.29, 1.82) is 0 Å². The van der Waals surface area contributed by atoms with Crippen LogP contribution < -0.4 is 4.90 Å². The van der Waals surface area contributed by atoms with Gasteiger partial charge in [0.15, 0.2) is 0 Å². The molecule has 2 amide bonds. The van der Waals surface area contributed by atoms with Crippen molar-refractivity contribution in [3.05, 3.63) is 77.4 Å². The van der Waals surface area contributed by atoms with E-state index in [9.17, 15) is 9.59 Å². The maximum absolute atomic E-state index is 13.1. The molecule has 0 aromatic heterocycles. The average molecular weight is 341 g/mol. The predicted octanol–water partition coefficient (Wildman–Crippen LogP) is 5.30. The van der Waals surface area contributed by atoms with Crippen LogP contribution in [0.3, 0.4) is 0 Å². The van der Waals surface area contributed by atoms with Gasteiger partial charge in [0, 0.05) is 16.5 Å². The second kappa shape index (κ2) is 5.80. The van der Waals surface area contributed by atoms with Crippen LogP contribution in [-0.2, 0) is 0 Å². The van der Waals surface area contributed by atoms with Crippen LogP contribution in [0.1, 0.15) is 57.9 Å². The second-order valence-electron chi connectivity index (χ2n) is 7.23. The number of carbonyl (C=O) groups excluding carboxylic acids is 2. The van der Waals surface area contributed by atoms with Gasteiger partial charge in [-0.15, -0.1) is 0 Å². The SMILES string of the molecule is O=C1c2cccc3cccc(c23)C(=O)N1c1ccc(C2CCCC2)cc1. The number of imide groups is 1. The Morgan fingerprint density at radius 3 is 1.88 bits per heavy atom. The van der Waals surface area contributed by atoms with Gasteiger partial charge in [0.05, 0.1) is 5.69 Å². The number of carbonyl (C=O) groups is 2. The molecule has 0 bridgehead atoms. The van der Waals surface area contributed by atoms with Crippen LogP contribution in [0.25, 0.3) is 10.8 Å². The third kappa shape index (κ3) is 2.20. The number of rotatable bonds is 2. The molecular formula is C23H19NO2. The van der Waals surface area contributed by atoms with Crippen molar-refractivity contribution in [2.24, 2.45) is 0 Å². The smallest absolute Gasteiger partial charge is 0.265 e. The first-order chi connectivity index (χ1) is 12.7. The first kappa shape index (κ1) is 15.3. The highest BCUT2D eigenvalue weighted by atomic mass is 16.2. The molecule has 0 radical (unpaired) electrons. The summed E-state index contributed by atoms with van der Waals surface area (Å²) in [5.74, 6) is 0.132. The first-order valence-corrected chi connectivity index (χ1v) is 9.24. The predicted molar refractivity (Wildman–Crippen MR) is 103 cm³/mol. The summed E-state index contributed by atoms with van der Waals surface area (Å²) < 4.78 is 0. The van der Waals surface area contributed by atoms with Crippen molar-refractivity contribution in [3.63, 3.8) is 0 Å². The summed E-state index contributed by atoms with van der Waals surface area (Å²) in [4.78, 5) is 27.4. The highest BCUT2D eigenvalue weighted by molar-refractivity contribution is 6.35. The Hall–Kier alpha value is -2.94. The molecule has 0 atom stereocenters. The van der Waals surface area contributed by atoms with Crippen LogP contribution in [-0.4, -0.2) is 11.8 Å². The van der Waals surface area contributed by atoms with Crippen molar-refractivity contribution < 1.29 is 9.59 Å². The molecule has 0 N–H and O–H groups in total. The number of nitrogens with zero attached hydrogens (tertiary/aromatic N) is 1.